The maximum atomic E-state index is 12.5. The van der Waals surface area contributed by atoms with E-state index in [1.165, 1.54) is 10.7 Å². The molecule has 7 heteroatoms. The van der Waals surface area contributed by atoms with Crippen LogP contribution in [0.3, 0.4) is 0 Å². The number of nitrogens with zero attached hydrogens (tertiary/aromatic N) is 3. The van der Waals surface area contributed by atoms with Crippen LogP contribution in [0.5, 0.6) is 0 Å². The number of nitriles is 1. The maximum absolute atomic E-state index is 12.5. The molecule has 2 rings (SSSR count). The van der Waals surface area contributed by atoms with Gasteiger partial charge >= 0.3 is 6.18 Å². The summed E-state index contributed by atoms with van der Waals surface area (Å²) in [7, 11) is 0. The zero-order valence-electron chi connectivity index (χ0n) is 8.74. The number of hydrogen-bond donors (Lipinski definition) is 0. The molecule has 0 radical (unpaired) electrons. The van der Waals surface area contributed by atoms with E-state index in [4.69, 9.17) is 5.26 Å². The third kappa shape index (κ3) is 2.48. The quantitative estimate of drug-likeness (QED) is 0.730. The molecule has 2 aromatic rings. The molecule has 0 amide bonds. The molecule has 0 atom stereocenters. The molecule has 0 unspecified atom stereocenters. The SMILES string of the molecule is N#Cc1cc(C(F)(F)F)ccc1-n1cc(I)cn1. The fourth-order valence-corrected chi connectivity index (χ4v) is 1.82. The van der Waals surface area contributed by atoms with Crippen molar-refractivity contribution in [3.05, 3.63) is 45.3 Å². The molecule has 1 aromatic carbocycles. The molecule has 0 fully saturated rings. The van der Waals surface area contributed by atoms with Gasteiger partial charge in [0.15, 0.2) is 0 Å². The molecule has 0 N–H and O–H groups in total. The summed E-state index contributed by atoms with van der Waals surface area (Å²) in [5.41, 5.74) is -0.581. The molecular formula is C11H5F3IN3. The first-order chi connectivity index (χ1) is 8.41. The summed E-state index contributed by atoms with van der Waals surface area (Å²) in [5.74, 6) is 0. The van der Waals surface area contributed by atoms with Gasteiger partial charge in [0.2, 0.25) is 0 Å². The lowest BCUT2D eigenvalue weighted by atomic mass is 10.1. The summed E-state index contributed by atoms with van der Waals surface area (Å²) in [5, 5.41) is 12.9. The molecule has 1 aromatic heterocycles. The van der Waals surface area contributed by atoms with Crippen molar-refractivity contribution in [1.29, 1.82) is 5.26 Å². The van der Waals surface area contributed by atoms with Gasteiger partial charge in [0.05, 0.1) is 26.6 Å². The molecule has 0 aliphatic heterocycles. The smallest absolute Gasteiger partial charge is 0.239 e. The normalized spacial score (nSPS) is 11.3. The lowest BCUT2D eigenvalue weighted by Gasteiger charge is -2.09. The highest BCUT2D eigenvalue weighted by Crippen LogP contribution is 2.31. The van der Waals surface area contributed by atoms with E-state index in [1.807, 2.05) is 22.6 Å². The third-order valence-corrected chi connectivity index (χ3v) is 2.80. The molecule has 0 saturated heterocycles. The largest absolute Gasteiger partial charge is 0.416 e. The molecule has 0 aliphatic carbocycles. The minimum absolute atomic E-state index is 0.0654. The van der Waals surface area contributed by atoms with Gasteiger partial charge in [-0.05, 0) is 40.8 Å². The van der Waals surface area contributed by atoms with E-state index in [1.54, 1.807) is 18.5 Å². The number of hydrogen-bond acceptors (Lipinski definition) is 2. The van der Waals surface area contributed by atoms with E-state index in [9.17, 15) is 13.2 Å². The van der Waals surface area contributed by atoms with E-state index < -0.39 is 11.7 Å². The minimum atomic E-state index is -4.46. The topological polar surface area (TPSA) is 41.6 Å². The van der Waals surface area contributed by atoms with Crippen molar-refractivity contribution in [3.63, 3.8) is 0 Å². The fraction of sp³-hybridized carbons (Fsp3) is 0.0909. The van der Waals surface area contributed by atoms with E-state index in [-0.39, 0.29) is 5.56 Å². The lowest BCUT2D eigenvalue weighted by molar-refractivity contribution is -0.137. The number of benzene rings is 1. The Balaban J connectivity index is 2.55. The van der Waals surface area contributed by atoms with Crippen molar-refractivity contribution in [2.45, 2.75) is 6.18 Å². The van der Waals surface area contributed by atoms with Gasteiger partial charge in [0.1, 0.15) is 6.07 Å². The number of aromatic nitrogens is 2. The average Bonchev–Trinajstić information content (AvgIpc) is 2.73. The molecule has 0 saturated carbocycles. The second-order valence-corrected chi connectivity index (χ2v) is 4.69. The Bertz CT molecular complexity index is 625. The van der Waals surface area contributed by atoms with E-state index in [0.29, 0.717) is 5.69 Å². The van der Waals surface area contributed by atoms with Crippen molar-refractivity contribution in [2.75, 3.05) is 0 Å². The van der Waals surface area contributed by atoms with Crippen LogP contribution < -0.4 is 0 Å². The Morgan fingerprint density at radius 2 is 2.06 bits per heavy atom. The Hall–Kier alpha value is -1.56. The second-order valence-electron chi connectivity index (χ2n) is 3.44. The predicted molar refractivity (Wildman–Crippen MR) is 66.0 cm³/mol. The summed E-state index contributed by atoms with van der Waals surface area (Å²) >= 11 is 2.02. The predicted octanol–water partition coefficient (Wildman–Crippen LogP) is 3.37. The first-order valence-electron chi connectivity index (χ1n) is 4.73. The molecule has 0 spiro atoms. The third-order valence-electron chi connectivity index (χ3n) is 2.24. The van der Waals surface area contributed by atoms with Crippen LogP contribution in [0, 0.1) is 14.9 Å². The highest BCUT2D eigenvalue weighted by atomic mass is 127. The zero-order chi connectivity index (χ0) is 13.3. The van der Waals surface area contributed by atoms with Gasteiger partial charge in [-0.2, -0.15) is 23.5 Å². The lowest BCUT2D eigenvalue weighted by Crippen LogP contribution is -2.07. The number of halogens is 4. The summed E-state index contributed by atoms with van der Waals surface area (Å²) in [6.07, 6.45) is -1.27. The highest BCUT2D eigenvalue weighted by molar-refractivity contribution is 14.1. The van der Waals surface area contributed by atoms with Gasteiger partial charge in [-0.15, -0.1) is 0 Å². The van der Waals surface area contributed by atoms with Crippen LogP contribution in [0.4, 0.5) is 13.2 Å². The van der Waals surface area contributed by atoms with E-state index >= 15 is 0 Å². The molecule has 0 bridgehead atoms. The van der Waals surface area contributed by atoms with Crippen LogP contribution in [-0.4, -0.2) is 9.78 Å². The van der Waals surface area contributed by atoms with Crippen LogP contribution in [0.25, 0.3) is 5.69 Å². The van der Waals surface area contributed by atoms with Crippen LogP contribution in [0.1, 0.15) is 11.1 Å². The van der Waals surface area contributed by atoms with Crippen LogP contribution in [0.2, 0.25) is 0 Å². The molecule has 18 heavy (non-hydrogen) atoms. The Morgan fingerprint density at radius 1 is 1.33 bits per heavy atom. The van der Waals surface area contributed by atoms with Crippen molar-refractivity contribution < 1.29 is 13.2 Å². The summed E-state index contributed by atoms with van der Waals surface area (Å²) in [6, 6.07) is 4.75. The highest BCUT2D eigenvalue weighted by Gasteiger charge is 2.31. The fourth-order valence-electron chi connectivity index (χ4n) is 1.43. The van der Waals surface area contributed by atoms with Crippen LogP contribution in [0.15, 0.2) is 30.6 Å². The van der Waals surface area contributed by atoms with Gasteiger partial charge < -0.3 is 0 Å². The Labute approximate surface area is 114 Å². The van der Waals surface area contributed by atoms with Crippen LogP contribution >= 0.6 is 22.6 Å². The standard InChI is InChI=1S/C11H5F3IN3/c12-11(13,14)8-1-2-10(7(3-8)4-16)18-6-9(15)5-17-18/h1-3,5-6H. The molecule has 92 valence electrons. The second kappa shape index (κ2) is 4.61. The minimum Gasteiger partial charge on any atom is -0.239 e. The Morgan fingerprint density at radius 3 is 2.56 bits per heavy atom. The Kier molecular flexibility index (Phi) is 3.30. The first-order valence-corrected chi connectivity index (χ1v) is 5.81. The molecule has 1 heterocycles. The maximum Gasteiger partial charge on any atom is 0.416 e. The average molecular weight is 363 g/mol. The summed E-state index contributed by atoms with van der Waals surface area (Å²) in [6.45, 7) is 0. The first kappa shape index (κ1) is 12.9. The van der Waals surface area contributed by atoms with Crippen molar-refractivity contribution in [3.8, 4) is 11.8 Å². The van der Waals surface area contributed by atoms with Gasteiger partial charge in [0, 0.05) is 6.20 Å². The molecular weight excluding hydrogens is 358 g/mol. The van der Waals surface area contributed by atoms with Gasteiger partial charge in [-0.3, -0.25) is 0 Å². The van der Waals surface area contributed by atoms with Crippen LogP contribution in [-0.2, 0) is 6.18 Å². The summed E-state index contributed by atoms with van der Waals surface area (Å²) < 4.78 is 39.7. The van der Waals surface area contributed by atoms with Crippen molar-refractivity contribution in [2.24, 2.45) is 0 Å². The van der Waals surface area contributed by atoms with Crippen molar-refractivity contribution >= 4 is 22.6 Å². The van der Waals surface area contributed by atoms with Gasteiger partial charge in [-0.25, -0.2) is 4.68 Å². The van der Waals surface area contributed by atoms with Crippen molar-refractivity contribution in [1.82, 2.24) is 9.78 Å². The van der Waals surface area contributed by atoms with E-state index in [2.05, 4.69) is 5.10 Å². The monoisotopic (exact) mass is 363 g/mol. The van der Waals surface area contributed by atoms with Gasteiger partial charge in [0.25, 0.3) is 0 Å². The number of alkyl halides is 3. The van der Waals surface area contributed by atoms with Gasteiger partial charge in [-0.1, -0.05) is 0 Å². The number of rotatable bonds is 1. The summed E-state index contributed by atoms with van der Waals surface area (Å²) in [4.78, 5) is 0. The molecule has 3 nitrogen and oxygen atoms in total. The van der Waals surface area contributed by atoms with E-state index in [0.717, 1.165) is 15.7 Å². The molecule has 0 aliphatic rings. The zero-order valence-corrected chi connectivity index (χ0v) is 10.9.